The van der Waals surface area contributed by atoms with Gasteiger partial charge < -0.3 is 4.98 Å². The Morgan fingerprint density at radius 3 is 2.43 bits per heavy atom. The SMILES string of the molecule is CC(C(=O)c1ncc[nH]1)c1cccc(C(=O)c2ccccc2)c1. The lowest BCUT2D eigenvalue weighted by atomic mass is 9.93. The zero-order valence-electron chi connectivity index (χ0n) is 12.7. The average Bonchev–Trinajstić information content (AvgIpc) is 3.15. The van der Waals surface area contributed by atoms with Gasteiger partial charge in [0.1, 0.15) is 0 Å². The summed E-state index contributed by atoms with van der Waals surface area (Å²) in [6, 6.07) is 16.3. The van der Waals surface area contributed by atoms with E-state index in [-0.39, 0.29) is 17.5 Å². The zero-order valence-corrected chi connectivity index (χ0v) is 12.7. The molecule has 114 valence electrons. The Balaban J connectivity index is 1.88. The summed E-state index contributed by atoms with van der Waals surface area (Å²) in [4.78, 5) is 31.7. The second-order valence-electron chi connectivity index (χ2n) is 5.34. The minimum absolute atomic E-state index is 0.0508. The van der Waals surface area contributed by atoms with E-state index in [1.807, 2.05) is 31.2 Å². The molecule has 3 rings (SSSR count). The molecular formula is C19H16N2O2. The van der Waals surface area contributed by atoms with E-state index < -0.39 is 0 Å². The van der Waals surface area contributed by atoms with E-state index in [9.17, 15) is 9.59 Å². The van der Waals surface area contributed by atoms with E-state index in [1.165, 1.54) is 0 Å². The van der Waals surface area contributed by atoms with Crippen molar-refractivity contribution in [3.05, 3.63) is 89.5 Å². The van der Waals surface area contributed by atoms with Crippen molar-refractivity contribution in [3.8, 4) is 0 Å². The fourth-order valence-electron chi connectivity index (χ4n) is 2.46. The lowest BCUT2D eigenvalue weighted by molar-refractivity contribution is 0.0955. The summed E-state index contributed by atoms with van der Waals surface area (Å²) in [5.74, 6) is -0.189. The lowest BCUT2D eigenvalue weighted by Crippen LogP contribution is -2.12. The molecule has 23 heavy (non-hydrogen) atoms. The second kappa shape index (κ2) is 6.40. The summed E-state index contributed by atoms with van der Waals surface area (Å²) >= 11 is 0. The van der Waals surface area contributed by atoms with Crippen LogP contribution < -0.4 is 0 Å². The van der Waals surface area contributed by atoms with Crippen molar-refractivity contribution in [2.75, 3.05) is 0 Å². The Morgan fingerprint density at radius 1 is 1.00 bits per heavy atom. The van der Waals surface area contributed by atoms with Gasteiger partial charge in [-0.15, -0.1) is 0 Å². The van der Waals surface area contributed by atoms with E-state index in [4.69, 9.17) is 0 Å². The third-order valence-electron chi connectivity index (χ3n) is 3.81. The van der Waals surface area contributed by atoms with E-state index in [2.05, 4.69) is 9.97 Å². The molecule has 0 aliphatic heterocycles. The molecular weight excluding hydrogens is 288 g/mol. The third-order valence-corrected chi connectivity index (χ3v) is 3.81. The Bertz CT molecular complexity index is 824. The number of ketones is 2. The van der Waals surface area contributed by atoms with Gasteiger partial charge in [-0.2, -0.15) is 0 Å². The van der Waals surface area contributed by atoms with E-state index >= 15 is 0 Å². The van der Waals surface area contributed by atoms with Crippen LogP contribution in [0.25, 0.3) is 0 Å². The largest absolute Gasteiger partial charge is 0.342 e. The molecule has 4 nitrogen and oxygen atoms in total. The fraction of sp³-hybridized carbons (Fsp3) is 0.105. The van der Waals surface area contributed by atoms with Gasteiger partial charge in [0.15, 0.2) is 11.6 Å². The summed E-state index contributed by atoms with van der Waals surface area (Å²) < 4.78 is 0. The molecule has 0 amide bonds. The molecule has 0 bridgehead atoms. The summed E-state index contributed by atoms with van der Waals surface area (Å²) in [5, 5.41) is 0. The van der Waals surface area contributed by atoms with Crippen LogP contribution >= 0.6 is 0 Å². The Kier molecular flexibility index (Phi) is 4.15. The zero-order chi connectivity index (χ0) is 16.2. The quantitative estimate of drug-likeness (QED) is 0.732. The number of imidazole rings is 1. The maximum Gasteiger partial charge on any atom is 0.205 e. The molecule has 2 aromatic carbocycles. The van der Waals surface area contributed by atoms with Crippen molar-refractivity contribution in [1.29, 1.82) is 0 Å². The molecule has 1 N–H and O–H groups in total. The first-order valence-corrected chi connectivity index (χ1v) is 7.40. The minimum Gasteiger partial charge on any atom is -0.342 e. The molecule has 0 fully saturated rings. The van der Waals surface area contributed by atoms with Gasteiger partial charge in [-0.1, -0.05) is 55.5 Å². The van der Waals surface area contributed by atoms with E-state index in [0.717, 1.165) is 5.56 Å². The van der Waals surface area contributed by atoms with Gasteiger partial charge in [0.05, 0.1) is 0 Å². The predicted molar refractivity (Wildman–Crippen MR) is 87.6 cm³/mol. The number of hydrogen-bond acceptors (Lipinski definition) is 3. The predicted octanol–water partition coefficient (Wildman–Crippen LogP) is 3.63. The van der Waals surface area contributed by atoms with Crippen LogP contribution in [0.2, 0.25) is 0 Å². The molecule has 0 saturated heterocycles. The maximum atomic E-state index is 12.5. The van der Waals surface area contributed by atoms with Crippen LogP contribution in [0.4, 0.5) is 0 Å². The molecule has 0 aliphatic rings. The molecule has 0 saturated carbocycles. The summed E-state index contributed by atoms with van der Waals surface area (Å²) in [6.07, 6.45) is 3.17. The summed E-state index contributed by atoms with van der Waals surface area (Å²) in [6.45, 7) is 1.82. The summed E-state index contributed by atoms with van der Waals surface area (Å²) in [7, 11) is 0. The minimum atomic E-state index is -0.371. The number of H-pyrrole nitrogens is 1. The molecule has 1 aromatic heterocycles. The first kappa shape index (κ1) is 14.9. The monoisotopic (exact) mass is 304 g/mol. The number of carbonyl (C=O) groups is 2. The van der Waals surface area contributed by atoms with Crippen LogP contribution in [-0.4, -0.2) is 21.5 Å². The number of aromatic nitrogens is 2. The summed E-state index contributed by atoms with van der Waals surface area (Å²) in [5.41, 5.74) is 2.01. The van der Waals surface area contributed by atoms with Crippen LogP contribution in [0, 0.1) is 0 Å². The van der Waals surface area contributed by atoms with E-state index in [0.29, 0.717) is 17.0 Å². The average molecular weight is 304 g/mol. The fourth-order valence-corrected chi connectivity index (χ4v) is 2.46. The van der Waals surface area contributed by atoms with Gasteiger partial charge in [-0.05, 0) is 11.6 Å². The van der Waals surface area contributed by atoms with Gasteiger partial charge in [-0.25, -0.2) is 4.98 Å². The molecule has 0 aliphatic carbocycles. The van der Waals surface area contributed by atoms with Crippen LogP contribution in [0.15, 0.2) is 67.0 Å². The Labute approximate surface area is 134 Å². The van der Waals surface area contributed by atoms with Gasteiger partial charge in [0.25, 0.3) is 0 Å². The first-order chi connectivity index (χ1) is 11.2. The van der Waals surface area contributed by atoms with Crippen LogP contribution in [0.5, 0.6) is 0 Å². The van der Waals surface area contributed by atoms with Gasteiger partial charge >= 0.3 is 0 Å². The topological polar surface area (TPSA) is 62.8 Å². The maximum absolute atomic E-state index is 12.5. The van der Waals surface area contributed by atoms with Crippen molar-refractivity contribution in [2.24, 2.45) is 0 Å². The van der Waals surface area contributed by atoms with Crippen molar-refractivity contribution in [1.82, 2.24) is 9.97 Å². The highest BCUT2D eigenvalue weighted by molar-refractivity contribution is 6.09. The molecule has 1 atom stereocenters. The van der Waals surface area contributed by atoms with Crippen molar-refractivity contribution >= 4 is 11.6 Å². The van der Waals surface area contributed by atoms with Gasteiger partial charge in [0.2, 0.25) is 5.78 Å². The smallest absolute Gasteiger partial charge is 0.205 e. The van der Waals surface area contributed by atoms with Crippen LogP contribution in [-0.2, 0) is 0 Å². The standard InChI is InChI=1S/C19H16N2O2/c1-13(17(22)19-20-10-11-21-19)15-8-5-9-16(12-15)18(23)14-6-3-2-4-7-14/h2-13H,1H3,(H,20,21). The number of rotatable bonds is 5. The van der Waals surface area contributed by atoms with Gasteiger partial charge in [-0.3, -0.25) is 9.59 Å². The number of hydrogen-bond donors (Lipinski definition) is 1. The van der Waals surface area contributed by atoms with Crippen molar-refractivity contribution < 1.29 is 9.59 Å². The third kappa shape index (κ3) is 3.11. The lowest BCUT2D eigenvalue weighted by Gasteiger charge is -2.11. The molecule has 0 spiro atoms. The first-order valence-electron chi connectivity index (χ1n) is 7.40. The molecule has 1 heterocycles. The Hall–Kier alpha value is -3.01. The van der Waals surface area contributed by atoms with Gasteiger partial charge in [0, 0.05) is 29.4 Å². The van der Waals surface area contributed by atoms with E-state index in [1.54, 1.807) is 42.7 Å². The number of carbonyl (C=O) groups excluding carboxylic acids is 2. The number of Topliss-reactive ketones (excluding diaryl/α,β-unsaturated/α-hetero) is 1. The molecule has 1 unspecified atom stereocenters. The number of aromatic amines is 1. The Morgan fingerprint density at radius 2 is 1.74 bits per heavy atom. The number of benzene rings is 2. The highest BCUT2D eigenvalue weighted by Crippen LogP contribution is 2.21. The second-order valence-corrected chi connectivity index (χ2v) is 5.34. The molecule has 0 radical (unpaired) electrons. The number of nitrogens with one attached hydrogen (secondary N) is 1. The van der Waals surface area contributed by atoms with Crippen LogP contribution in [0.3, 0.4) is 0 Å². The molecule has 3 aromatic rings. The molecule has 4 heteroatoms. The normalized spacial score (nSPS) is 11.9. The highest BCUT2D eigenvalue weighted by atomic mass is 16.1. The van der Waals surface area contributed by atoms with Crippen molar-refractivity contribution in [2.45, 2.75) is 12.8 Å². The number of nitrogens with zero attached hydrogens (tertiary/aromatic N) is 1. The highest BCUT2D eigenvalue weighted by Gasteiger charge is 2.20. The van der Waals surface area contributed by atoms with Crippen molar-refractivity contribution in [3.63, 3.8) is 0 Å². The van der Waals surface area contributed by atoms with Crippen LogP contribution in [0.1, 0.15) is 44.9 Å².